The quantitative estimate of drug-likeness (QED) is 0.650. The monoisotopic (exact) mass is 354 g/mol. The first-order valence-electron chi connectivity index (χ1n) is 7.37. The number of nitrogens with zero attached hydrogens (tertiary/aromatic N) is 3. The maximum atomic E-state index is 11.0. The van der Waals surface area contributed by atoms with E-state index in [1.807, 2.05) is 0 Å². The lowest BCUT2D eigenvalue weighted by Crippen LogP contribution is -2.39. The van der Waals surface area contributed by atoms with Gasteiger partial charge in [-0.15, -0.1) is 0 Å². The summed E-state index contributed by atoms with van der Waals surface area (Å²) in [7, 11) is 0. The van der Waals surface area contributed by atoms with Crippen LogP contribution in [0.1, 0.15) is 31.2 Å². The van der Waals surface area contributed by atoms with Crippen molar-refractivity contribution in [3.8, 4) is 0 Å². The third-order valence-electron chi connectivity index (χ3n) is 4.25. The lowest BCUT2D eigenvalue weighted by molar-refractivity contribution is -0.385. The molecule has 1 unspecified atom stereocenters. The zero-order chi connectivity index (χ0) is 15.0. The highest BCUT2D eigenvalue weighted by molar-refractivity contribution is 9.10. The molecule has 114 valence electrons. The largest absolute Gasteiger partial charge is 0.351 e. The Labute approximate surface area is 132 Å². The van der Waals surface area contributed by atoms with Crippen LogP contribution in [0.2, 0.25) is 0 Å². The van der Waals surface area contributed by atoms with Crippen molar-refractivity contribution in [3.63, 3.8) is 0 Å². The first-order chi connectivity index (χ1) is 10.1. The SMILES string of the molecule is Cc1c([N+](=O)[O-])cnc(N(CC2CCCN2)C2CC2)c1Br. The van der Waals surface area contributed by atoms with Crippen LogP contribution in [0.3, 0.4) is 0 Å². The second-order valence-corrected chi connectivity index (χ2v) is 6.63. The zero-order valence-corrected chi connectivity index (χ0v) is 13.6. The molecule has 1 aromatic rings. The standard InChI is InChI=1S/C14H19BrN4O2/c1-9-12(19(20)21)7-17-14(13(9)15)18(11-4-5-11)8-10-3-2-6-16-10/h7,10-11,16H,2-6,8H2,1H3. The maximum absolute atomic E-state index is 11.0. The Morgan fingerprint density at radius 1 is 1.52 bits per heavy atom. The van der Waals surface area contributed by atoms with E-state index in [1.165, 1.54) is 31.9 Å². The second-order valence-electron chi connectivity index (χ2n) is 5.84. The van der Waals surface area contributed by atoms with Crippen molar-refractivity contribution in [2.24, 2.45) is 0 Å². The Morgan fingerprint density at radius 3 is 2.86 bits per heavy atom. The molecular weight excluding hydrogens is 336 g/mol. The predicted octanol–water partition coefficient (Wildman–Crippen LogP) is 2.78. The van der Waals surface area contributed by atoms with Gasteiger partial charge in [0.2, 0.25) is 0 Å². The highest BCUT2D eigenvalue weighted by Crippen LogP contribution is 2.38. The van der Waals surface area contributed by atoms with E-state index in [2.05, 4.69) is 31.1 Å². The van der Waals surface area contributed by atoms with E-state index in [0.717, 1.165) is 23.4 Å². The van der Waals surface area contributed by atoms with Crippen LogP contribution in [-0.2, 0) is 0 Å². The van der Waals surface area contributed by atoms with E-state index in [1.54, 1.807) is 6.92 Å². The summed E-state index contributed by atoms with van der Waals surface area (Å²) >= 11 is 3.52. The molecule has 0 bridgehead atoms. The van der Waals surface area contributed by atoms with Crippen LogP contribution >= 0.6 is 15.9 Å². The van der Waals surface area contributed by atoms with Gasteiger partial charge in [0.15, 0.2) is 0 Å². The Bertz CT molecular complexity index is 556. The molecule has 2 heterocycles. The van der Waals surface area contributed by atoms with Gasteiger partial charge >= 0.3 is 0 Å². The van der Waals surface area contributed by atoms with E-state index in [-0.39, 0.29) is 10.6 Å². The minimum atomic E-state index is -0.378. The minimum Gasteiger partial charge on any atom is -0.351 e. The van der Waals surface area contributed by atoms with Crippen molar-refractivity contribution in [1.82, 2.24) is 10.3 Å². The van der Waals surface area contributed by atoms with Crippen LogP contribution < -0.4 is 10.2 Å². The van der Waals surface area contributed by atoms with Crippen molar-refractivity contribution in [1.29, 1.82) is 0 Å². The summed E-state index contributed by atoms with van der Waals surface area (Å²) in [5, 5.41) is 14.5. The third-order valence-corrected chi connectivity index (χ3v) is 5.20. The number of anilines is 1. The molecular formula is C14H19BrN4O2. The van der Waals surface area contributed by atoms with Gasteiger partial charge in [-0.25, -0.2) is 4.98 Å². The average Bonchev–Trinajstić information content (AvgIpc) is 3.16. The predicted molar refractivity (Wildman–Crippen MR) is 84.7 cm³/mol. The summed E-state index contributed by atoms with van der Waals surface area (Å²) in [4.78, 5) is 17.3. The Balaban J connectivity index is 1.88. The highest BCUT2D eigenvalue weighted by Gasteiger charge is 2.34. The maximum Gasteiger partial charge on any atom is 0.291 e. The number of aromatic nitrogens is 1. The number of halogens is 1. The molecule has 1 atom stereocenters. The molecule has 0 aromatic carbocycles. The molecule has 2 aliphatic rings. The molecule has 1 saturated heterocycles. The van der Waals surface area contributed by atoms with Gasteiger partial charge in [0.1, 0.15) is 12.0 Å². The number of hydrogen-bond donors (Lipinski definition) is 1. The molecule has 21 heavy (non-hydrogen) atoms. The van der Waals surface area contributed by atoms with E-state index in [9.17, 15) is 10.1 Å². The van der Waals surface area contributed by atoms with E-state index in [4.69, 9.17) is 0 Å². The van der Waals surface area contributed by atoms with Gasteiger partial charge in [-0.05, 0) is 55.1 Å². The number of hydrogen-bond acceptors (Lipinski definition) is 5. The van der Waals surface area contributed by atoms with Crippen molar-refractivity contribution in [3.05, 3.63) is 26.3 Å². The molecule has 0 amide bonds. The van der Waals surface area contributed by atoms with Crippen molar-refractivity contribution >= 4 is 27.4 Å². The molecule has 1 saturated carbocycles. The summed E-state index contributed by atoms with van der Waals surface area (Å²) in [6.45, 7) is 3.77. The van der Waals surface area contributed by atoms with Crippen LogP contribution in [0.5, 0.6) is 0 Å². The van der Waals surface area contributed by atoms with Crippen LogP contribution in [0, 0.1) is 17.0 Å². The third kappa shape index (κ3) is 3.03. The van der Waals surface area contributed by atoms with Gasteiger partial charge in [-0.3, -0.25) is 10.1 Å². The Kier molecular flexibility index (Phi) is 4.12. The van der Waals surface area contributed by atoms with Crippen molar-refractivity contribution in [2.45, 2.75) is 44.7 Å². The first-order valence-corrected chi connectivity index (χ1v) is 8.16. The number of rotatable bonds is 5. The van der Waals surface area contributed by atoms with Gasteiger partial charge in [-0.1, -0.05) is 0 Å². The number of nitro groups is 1. The fourth-order valence-corrected chi connectivity index (χ4v) is 3.42. The smallest absolute Gasteiger partial charge is 0.291 e. The van der Waals surface area contributed by atoms with E-state index < -0.39 is 0 Å². The molecule has 2 fully saturated rings. The zero-order valence-electron chi connectivity index (χ0n) is 12.0. The van der Waals surface area contributed by atoms with E-state index >= 15 is 0 Å². The summed E-state index contributed by atoms with van der Waals surface area (Å²) in [5.74, 6) is 0.842. The topological polar surface area (TPSA) is 71.3 Å². The molecule has 7 heteroatoms. The van der Waals surface area contributed by atoms with Gasteiger partial charge in [0, 0.05) is 24.2 Å². The molecule has 1 aliphatic carbocycles. The Hall–Kier alpha value is -1.21. The van der Waals surface area contributed by atoms with Crippen LogP contribution in [0.4, 0.5) is 11.5 Å². The molecule has 3 rings (SSSR count). The molecule has 0 radical (unpaired) electrons. The lowest BCUT2D eigenvalue weighted by Gasteiger charge is -2.28. The minimum absolute atomic E-state index is 0.0698. The van der Waals surface area contributed by atoms with Crippen molar-refractivity contribution in [2.75, 3.05) is 18.0 Å². The lowest BCUT2D eigenvalue weighted by atomic mass is 10.2. The normalized spacial score (nSPS) is 21.5. The van der Waals surface area contributed by atoms with Crippen LogP contribution in [0.25, 0.3) is 0 Å². The second kappa shape index (κ2) is 5.88. The fraction of sp³-hybridized carbons (Fsp3) is 0.643. The summed E-state index contributed by atoms with van der Waals surface area (Å²) < 4.78 is 0.751. The summed E-state index contributed by atoms with van der Waals surface area (Å²) in [6, 6.07) is 1.02. The van der Waals surface area contributed by atoms with Crippen LogP contribution in [0.15, 0.2) is 10.7 Å². The first kappa shape index (κ1) is 14.7. The molecule has 6 nitrogen and oxygen atoms in total. The van der Waals surface area contributed by atoms with Gasteiger partial charge in [0.25, 0.3) is 5.69 Å². The fourth-order valence-electron chi connectivity index (χ4n) is 2.88. The summed E-state index contributed by atoms with van der Waals surface area (Å²) in [6.07, 6.45) is 6.14. The molecule has 0 spiro atoms. The highest BCUT2D eigenvalue weighted by atomic mass is 79.9. The number of nitrogens with one attached hydrogen (secondary N) is 1. The van der Waals surface area contributed by atoms with Crippen molar-refractivity contribution < 1.29 is 4.92 Å². The Morgan fingerprint density at radius 2 is 2.29 bits per heavy atom. The van der Waals surface area contributed by atoms with Gasteiger partial charge in [-0.2, -0.15) is 0 Å². The molecule has 1 aromatic heterocycles. The number of pyridine rings is 1. The summed E-state index contributed by atoms with van der Waals surface area (Å²) in [5.41, 5.74) is 0.718. The average molecular weight is 355 g/mol. The van der Waals surface area contributed by atoms with Crippen LogP contribution in [-0.4, -0.2) is 35.1 Å². The van der Waals surface area contributed by atoms with Gasteiger partial charge in [0.05, 0.1) is 9.40 Å². The van der Waals surface area contributed by atoms with E-state index in [0.29, 0.717) is 17.6 Å². The molecule has 1 aliphatic heterocycles. The van der Waals surface area contributed by atoms with Gasteiger partial charge < -0.3 is 10.2 Å². The molecule has 1 N–H and O–H groups in total.